The minimum atomic E-state index is -3.32. The van der Waals surface area contributed by atoms with Gasteiger partial charge in [0.2, 0.25) is 0 Å². The predicted molar refractivity (Wildman–Crippen MR) is 136 cm³/mol. The van der Waals surface area contributed by atoms with Gasteiger partial charge in [0.1, 0.15) is 23.5 Å². The van der Waals surface area contributed by atoms with Gasteiger partial charge in [0.15, 0.2) is 11.0 Å². The second kappa shape index (κ2) is 9.86. The van der Waals surface area contributed by atoms with Crippen LogP contribution >= 0.6 is 11.6 Å². The van der Waals surface area contributed by atoms with Crippen molar-refractivity contribution in [1.29, 1.82) is 0 Å². The van der Waals surface area contributed by atoms with Crippen LogP contribution in [0.3, 0.4) is 0 Å². The molecular weight excluding hydrogens is 525 g/mol. The number of carbonyl (C=O) groups is 1. The topological polar surface area (TPSA) is 92.7 Å². The van der Waals surface area contributed by atoms with Crippen LogP contribution in [-0.4, -0.2) is 81.8 Å². The first-order valence-corrected chi connectivity index (χ1v) is 13.3. The number of fused-ring (bicyclic) bond motifs is 2. The maximum absolute atomic E-state index is 15.2. The van der Waals surface area contributed by atoms with E-state index in [-0.39, 0.29) is 46.4 Å². The maximum atomic E-state index is 15.2. The van der Waals surface area contributed by atoms with Gasteiger partial charge in [-0.2, -0.15) is 9.97 Å². The molecule has 13 heteroatoms. The van der Waals surface area contributed by atoms with Gasteiger partial charge in [-0.05, 0) is 66.0 Å². The molecule has 0 radical (unpaired) electrons. The van der Waals surface area contributed by atoms with Gasteiger partial charge in [0.05, 0.1) is 23.5 Å². The zero-order chi connectivity index (χ0) is 27.3. The Bertz CT molecular complexity index is 1220. The summed E-state index contributed by atoms with van der Waals surface area (Å²) < 4.78 is 56.6. The van der Waals surface area contributed by atoms with Crippen molar-refractivity contribution < 1.29 is 27.4 Å². The Labute approximate surface area is 224 Å². The van der Waals surface area contributed by atoms with Gasteiger partial charge < -0.3 is 19.7 Å². The van der Waals surface area contributed by atoms with E-state index in [0.717, 1.165) is 38.8 Å². The fourth-order valence-electron chi connectivity index (χ4n) is 5.71. The number of amides is 1. The summed E-state index contributed by atoms with van der Waals surface area (Å²) >= 11 is 5.91. The lowest BCUT2D eigenvalue weighted by Gasteiger charge is -2.39. The third-order valence-electron chi connectivity index (χ3n) is 7.47. The lowest BCUT2D eigenvalue weighted by molar-refractivity contribution is -0.0459. The number of piperidine rings is 1. The average molecular weight is 557 g/mol. The van der Waals surface area contributed by atoms with Gasteiger partial charge in [-0.25, -0.2) is 22.9 Å². The highest BCUT2D eigenvalue weighted by molar-refractivity contribution is 6.30. The molecule has 1 unspecified atom stereocenters. The number of nitrogens with zero attached hydrogens (tertiary/aromatic N) is 5. The monoisotopic (exact) mass is 556 g/mol. The molecule has 208 valence electrons. The lowest BCUT2D eigenvalue weighted by Crippen LogP contribution is -2.59. The third kappa shape index (κ3) is 5.29. The van der Waals surface area contributed by atoms with E-state index in [0.29, 0.717) is 6.61 Å². The molecule has 2 aromatic heterocycles. The standard InChI is InChI=1S/C25H32ClF3N6O3/c1-23(2,3)38-22(36)31-16-6-11-34(13-25(16,28)29)20-15-12-30-19(26)17(27)18(15)32-21(33-20)37-14-24-7-4-9-35(24)10-5-8-24/h12,16H,4-11,13-14H2,1-3H3,(H,31,36). The Morgan fingerprint density at radius 2 is 1.92 bits per heavy atom. The molecule has 0 bridgehead atoms. The summed E-state index contributed by atoms with van der Waals surface area (Å²) in [5.41, 5.74) is -1.07. The van der Waals surface area contributed by atoms with Crippen LogP contribution in [0.25, 0.3) is 10.9 Å². The summed E-state index contributed by atoms with van der Waals surface area (Å²) in [6.45, 7) is 6.66. The minimum Gasteiger partial charge on any atom is -0.461 e. The van der Waals surface area contributed by atoms with Crippen molar-refractivity contribution in [3.05, 3.63) is 17.2 Å². The summed E-state index contributed by atoms with van der Waals surface area (Å²) in [5.74, 6) is -4.11. The number of nitrogens with one attached hydrogen (secondary N) is 1. The van der Waals surface area contributed by atoms with E-state index in [1.54, 1.807) is 20.8 Å². The van der Waals surface area contributed by atoms with E-state index in [4.69, 9.17) is 21.1 Å². The zero-order valence-corrected chi connectivity index (χ0v) is 22.5. The van der Waals surface area contributed by atoms with Gasteiger partial charge >= 0.3 is 12.1 Å². The molecule has 5 heterocycles. The number of carbonyl (C=O) groups excluding carboxylic acids is 1. The molecule has 3 aliphatic rings. The van der Waals surface area contributed by atoms with Crippen LogP contribution < -0.4 is 15.0 Å². The summed E-state index contributed by atoms with van der Waals surface area (Å²) in [7, 11) is 0. The third-order valence-corrected chi connectivity index (χ3v) is 7.74. The molecule has 1 amide bonds. The maximum Gasteiger partial charge on any atom is 0.408 e. The number of ether oxygens (including phenoxy) is 2. The smallest absolute Gasteiger partial charge is 0.408 e. The van der Waals surface area contributed by atoms with E-state index in [2.05, 4.69) is 25.2 Å². The van der Waals surface area contributed by atoms with E-state index in [1.165, 1.54) is 11.1 Å². The first-order chi connectivity index (χ1) is 17.9. The average Bonchev–Trinajstić information content (AvgIpc) is 3.40. The number of pyridine rings is 1. The first kappa shape index (κ1) is 27.0. The van der Waals surface area contributed by atoms with Crippen molar-refractivity contribution in [2.45, 2.75) is 76.0 Å². The Morgan fingerprint density at radius 1 is 1.21 bits per heavy atom. The highest BCUT2D eigenvalue weighted by Crippen LogP contribution is 2.40. The van der Waals surface area contributed by atoms with Gasteiger partial charge in [-0.3, -0.25) is 4.90 Å². The number of hydrogen-bond donors (Lipinski definition) is 1. The molecule has 2 aromatic rings. The first-order valence-electron chi connectivity index (χ1n) is 12.9. The second-order valence-corrected chi connectivity index (χ2v) is 11.7. The van der Waals surface area contributed by atoms with Crippen LogP contribution in [0.4, 0.5) is 23.8 Å². The van der Waals surface area contributed by atoms with E-state index in [1.807, 2.05) is 0 Å². The molecule has 3 fully saturated rings. The molecule has 1 N–H and O–H groups in total. The molecular formula is C25H32ClF3N6O3. The van der Waals surface area contributed by atoms with Crippen molar-refractivity contribution >= 4 is 34.4 Å². The molecule has 9 nitrogen and oxygen atoms in total. The van der Waals surface area contributed by atoms with Gasteiger partial charge in [0.25, 0.3) is 5.92 Å². The number of alkyl halides is 2. The SMILES string of the molecule is CC(C)(C)OC(=O)NC1CCN(c2nc(OCC34CCCN3CCC4)nc3c(F)c(Cl)ncc23)CC1(F)F. The largest absolute Gasteiger partial charge is 0.461 e. The Morgan fingerprint density at radius 3 is 2.58 bits per heavy atom. The van der Waals surface area contributed by atoms with Crippen LogP contribution in [0.1, 0.15) is 52.9 Å². The van der Waals surface area contributed by atoms with Crippen molar-refractivity contribution in [3.63, 3.8) is 0 Å². The number of anilines is 1. The molecule has 0 aliphatic carbocycles. The van der Waals surface area contributed by atoms with Crippen LogP contribution in [0.5, 0.6) is 6.01 Å². The molecule has 5 rings (SSSR count). The normalized spacial score (nSPS) is 22.9. The lowest BCUT2D eigenvalue weighted by atomic mass is 9.95. The van der Waals surface area contributed by atoms with Crippen molar-refractivity contribution in [3.8, 4) is 6.01 Å². The summed E-state index contributed by atoms with van der Waals surface area (Å²) in [6.07, 6.45) is 4.40. The molecule has 0 spiro atoms. The molecule has 1 atom stereocenters. The summed E-state index contributed by atoms with van der Waals surface area (Å²) in [5, 5.41) is 2.05. The molecule has 0 aromatic carbocycles. The van der Waals surface area contributed by atoms with Crippen LogP contribution in [0, 0.1) is 5.82 Å². The van der Waals surface area contributed by atoms with E-state index < -0.39 is 36.0 Å². The quantitative estimate of drug-likeness (QED) is 0.536. The number of alkyl carbamates (subject to hydrolysis) is 1. The fraction of sp³-hybridized carbons (Fsp3) is 0.680. The Balaban J connectivity index is 1.40. The molecule has 3 saturated heterocycles. The van der Waals surface area contributed by atoms with Crippen molar-refractivity contribution in [2.75, 3.05) is 37.7 Å². The van der Waals surface area contributed by atoms with Gasteiger partial charge in [0, 0.05) is 12.7 Å². The van der Waals surface area contributed by atoms with Crippen LogP contribution in [0.2, 0.25) is 5.15 Å². The van der Waals surface area contributed by atoms with Crippen molar-refractivity contribution in [2.24, 2.45) is 0 Å². The van der Waals surface area contributed by atoms with E-state index in [9.17, 15) is 9.18 Å². The predicted octanol–water partition coefficient (Wildman–Crippen LogP) is 4.56. The highest BCUT2D eigenvalue weighted by atomic mass is 35.5. The number of aromatic nitrogens is 3. The van der Waals surface area contributed by atoms with E-state index >= 15 is 8.78 Å². The number of halogens is 4. The molecule has 3 aliphatic heterocycles. The van der Waals surface area contributed by atoms with Crippen LogP contribution in [0.15, 0.2) is 6.20 Å². The van der Waals surface area contributed by atoms with Crippen molar-refractivity contribution in [1.82, 2.24) is 25.2 Å². The number of hydrogen-bond acceptors (Lipinski definition) is 8. The summed E-state index contributed by atoms with van der Waals surface area (Å²) in [4.78, 5) is 28.4. The Hall–Kier alpha value is -2.60. The Kier molecular flexibility index (Phi) is 7.00. The highest BCUT2D eigenvalue weighted by Gasteiger charge is 2.47. The molecule has 38 heavy (non-hydrogen) atoms. The number of rotatable bonds is 5. The second-order valence-electron chi connectivity index (χ2n) is 11.3. The van der Waals surface area contributed by atoms with Gasteiger partial charge in [-0.1, -0.05) is 11.6 Å². The fourth-order valence-corrected chi connectivity index (χ4v) is 5.85. The summed E-state index contributed by atoms with van der Waals surface area (Å²) in [6, 6.07) is -1.53. The molecule has 0 saturated carbocycles. The zero-order valence-electron chi connectivity index (χ0n) is 21.7. The van der Waals surface area contributed by atoms with Gasteiger partial charge in [-0.15, -0.1) is 0 Å². The minimum absolute atomic E-state index is 0.0793. The van der Waals surface area contributed by atoms with Crippen LogP contribution in [-0.2, 0) is 4.74 Å².